The van der Waals surface area contributed by atoms with Crippen molar-refractivity contribution in [1.29, 1.82) is 0 Å². The Morgan fingerprint density at radius 1 is 1.55 bits per heavy atom. The predicted octanol–water partition coefficient (Wildman–Crippen LogP) is 1.32. The molecule has 3 rings (SSSR count). The van der Waals surface area contributed by atoms with Crippen LogP contribution in [-0.4, -0.2) is 43.9 Å². The van der Waals surface area contributed by atoms with Crippen molar-refractivity contribution in [3.63, 3.8) is 0 Å². The molecule has 2 heterocycles. The number of aromatic nitrogens is 2. The molecule has 106 valence electrons. The molecule has 0 spiro atoms. The van der Waals surface area contributed by atoms with Crippen LogP contribution in [0.15, 0.2) is 11.6 Å². The summed E-state index contributed by atoms with van der Waals surface area (Å²) in [6.45, 7) is 1.70. The lowest BCUT2D eigenvalue weighted by Crippen LogP contribution is -2.38. The van der Waals surface area contributed by atoms with E-state index in [-0.39, 0.29) is 24.9 Å². The number of carboxylic acids is 1. The Hall–Kier alpha value is -1.89. The summed E-state index contributed by atoms with van der Waals surface area (Å²) in [5, 5.41) is 10.8. The molecule has 6 nitrogen and oxygen atoms in total. The van der Waals surface area contributed by atoms with E-state index in [0.29, 0.717) is 0 Å². The predicted molar refractivity (Wildman–Crippen MR) is 73.9 cm³/mol. The van der Waals surface area contributed by atoms with E-state index < -0.39 is 5.97 Å². The normalized spacial score (nSPS) is 14.7. The maximum absolute atomic E-state index is 12.3. The van der Waals surface area contributed by atoms with Gasteiger partial charge in [-0.05, 0) is 19.8 Å². The van der Waals surface area contributed by atoms with Crippen LogP contribution in [0.5, 0.6) is 0 Å². The van der Waals surface area contributed by atoms with Gasteiger partial charge < -0.3 is 10.0 Å². The fourth-order valence-corrected chi connectivity index (χ4v) is 3.20. The van der Waals surface area contributed by atoms with E-state index in [1.54, 1.807) is 0 Å². The number of aliphatic carboxylic acids is 1. The molecule has 1 saturated carbocycles. The number of thiazole rings is 1. The van der Waals surface area contributed by atoms with Crippen LogP contribution >= 0.6 is 11.3 Å². The zero-order valence-electron chi connectivity index (χ0n) is 11.1. The van der Waals surface area contributed by atoms with Crippen LogP contribution in [0.2, 0.25) is 0 Å². The fraction of sp³-hybridized carbons (Fsp3) is 0.462. The van der Waals surface area contributed by atoms with Crippen LogP contribution in [0.3, 0.4) is 0 Å². The van der Waals surface area contributed by atoms with E-state index in [1.807, 2.05) is 22.9 Å². The standard InChI is InChI=1S/C13H15N3O3S/c1-8-5-16-10(7-20-13(16)14-8)4-11(17)15(6-12(18)19)9-2-3-9/h5,7,9H,2-4,6H2,1H3,(H,18,19). The van der Waals surface area contributed by atoms with Gasteiger partial charge in [-0.1, -0.05) is 0 Å². The maximum atomic E-state index is 12.3. The largest absolute Gasteiger partial charge is 0.480 e. The molecule has 1 aliphatic carbocycles. The van der Waals surface area contributed by atoms with Crippen LogP contribution < -0.4 is 0 Å². The van der Waals surface area contributed by atoms with E-state index in [0.717, 1.165) is 29.2 Å². The van der Waals surface area contributed by atoms with Crippen molar-refractivity contribution in [1.82, 2.24) is 14.3 Å². The van der Waals surface area contributed by atoms with Crippen LogP contribution in [0.1, 0.15) is 24.2 Å². The van der Waals surface area contributed by atoms with E-state index in [2.05, 4.69) is 4.98 Å². The van der Waals surface area contributed by atoms with Gasteiger partial charge in [0.1, 0.15) is 6.54 Å². The van der Waals surface area contributed by atoms with Gasteiger partial charge in [-0.2, -0.15) is 0 Å². The van der Waals surface area contributed by atoms with E-state index >= 15 is 0 Å². The molecule has 20 heavy (non-hydrogen) atoms. The van der Waals surface area contributed by atoms with Crippen molar-refractivity contribution in [3.8, 4) is 0 Å². The number of hydrogen-bond donors (Lipinski definition) is 1. The number of imidazole rings is 1. The number of carboxylic acid groups (broad SMARTS) is 1. The smallest absolute Gasteiger partial charge is 0.323 e. The summed E-state index contributed by atoms with van der Waals surface area (Å²) >= 11 is 1.49. The molecule has 1 N–H and O–H groups in total. The molecule has 0 bridgehead atoms. The summed E-state index contributed by atoms with van der Waals surface area (Å²) in [6, 6.07) is 0.109. The Labute approximate surface area is 119 Å². The summed E-state index contributed by atoms with van der Waals surface area (Å²) in [5.41, 5.74) is 1.78. The lowest BCUT2D eigenvalue weighted by Gasteiger charge is -2.19. The quantitative estimate of drug-likeness (QED) is 0.902. The molecule has 2 aromatic heterocycles. The molecule has 0 aliphatic heterocycles. The Balaban J connectivity index is 1.78. The lowest BCUT2D eigenvalue weighted by molar-refractivity contribution is -0.144. The first-order valence-corrected chi connectivity index (χ1v) is 7.36. The summed E-state index contributed by atoms with van der Waals surface area (Å²) in [4.78, 5) is 29.9. The second-order valence-electron chi connectivity index (χ2n) is 5.09. The van der Waals surface area contributed by atoms with Gasteiger partial charge in [-0.25, -0.2) is 4.98 Å². The molecular weight excluding hydrogens is 278 g/mol. The Morgan fingerprint density at radius 3 is 2.95 bits per heavy atom. The SMILES string of the molecule is Cc1cn2c(CC(=O)N(CC(=O)O)C3CC3)csc2n1. The van der Waals surface area contributed by atoms with E-state index in [4.69, 9.17) is 5.11 Å². The highest BCUT2D eigenvalue weighted by molar-refractivity contribution is 7.15. The van der Waals surface area contributed by atoms with E-state index in [9.17, 15) is 9.59 Å². The van der Waals surface area contributed by atoms with Crippen molar-refractivity contribution in [2.45, 2.75) is 32.2 Å². The molecule has 1 aliphatic rings. The van der Waals surface area contributed by atoms with Crippen molar-refractivity contribution < 1.29 is 14.7 Å². The minimum atomic E-state index is -0.959. The maximum Gasteiger partial charge on any atom is 0.323 e. The zero-order chi connectivity index (χ0) is 14.3. The van der Waals surface area contributed by atoms with Crippen LogP contribution in [0.4, 0.5) is 0 Å². The summed E-state index contributed by atoms with van der Waals surface area (Å²) in [6.07, 6.45) is 3.93. The van der Waals surface area contributed by atoms with Gasteiger partial charge in [0.2, 0.25) is 5.91 Å². The lowest BCUT2D eigenvalue weighted by atomic mass is 10.3. The number of nitrogens with zero attached hydrogens (tertiary/aromatic N) is 3. The number of rotatable bonds is 5. The van der Waals surface area contributed by atoms with Gasteiger partial charge in [0.05, 0.1) is 12.1 Å². The fourth-order valence-electron chi connectivity index (χ4n) is 2.28. The summed E-state index contributed by atoms with van der Waals surface area (Å²) in [7, 11) is 0. The third kappa shape index (κ3) is 2.53. The molecule has 1 fully saturated rings. The molecule has 2 aromatic rings. The molecule has 0 radical (unpaired) electrons. The topological polar surface area (TPSA) is 74.9 Å². The van der Waals surface area contributed by atoms with Crippen LogP contribution in [0.25, 0.3) is 4.96 Å². The Morgan fingerprint density at radius 2 is 2.30 bits per heavy atom. The van der Waals surface area contributed by atoms with E-state index in [1.165, 1.54) is 16.2 Å². The monoisotopic (exact) mass is 293 g/mol. The van der Waals surface area contributed by atoms with Crippen LogP contribution in [0, 0.1) is 6.92 Å². The first-order valence-electron chi connectivity index (χ1n) is 6.48. The first-order chi connectivity index (χ1) is 9.54. The average molecular weight is 293 g/mol. The Bertz CT molecular complexity index is 672. The number of amides is 1. The molecule has 0 aromatic carbocycles. The van der Waals surface area contributed by atoms with Crippen molar-refractivity contribution in [2.24, 2.45) is 0 Å². The third-order valence-corrected chi connectivity index (χ3v) is 4.24. The minimum Gasteiger partial charge on any atom is -0.480 e. The first kappa shape index (κ1) is 13.1. The zero-order valence-corrected chi connectivity index (χ0v) is 11.9. The van der Waals surface area contributed by atoms with Gasteiger partial charge in [-0.15, -0.1) is 11.3 Å². The summed E-state index contributed by atoms with van der Waals surface area (Å²) in [5.74, 6) is -1.08. The number of aryl methyl sites for hydroxylation is 1. The van der Waals surface area contributed by atoms with Crippen molar-refractivity contribution in [3.05, 3.63) is 23.0 Å². The molecular formula is C13H15N3O3S. The van der Waals surface area contributed by atoms with Crippen LogP contribution in [-0.2, 0) is 16.0 Å². The highest BCUT2D eigenvalue weighted by Gasteiger charge is 2.33. The number of carbonyl (C=O) groups excluding carboxylic acids is 1. The van der Waals surface area contributed by atoms with Gasteiger partial charge in [0.25, 0.3) is 0 Å². The summed E-state index contributed by atoms with van der Waals surface area (Å²) < 4.78 is 1.91. The van der Waals surface area contributed by atoms with Gasteiger partial charge in [0, 0.05) is 23.3 Å². The Kier molecular flexibility index (Phi) is 3.21. The molecule has 0 atom stereocenters. The van der Waals surface area contributed by atoms with Crippen molar-refractivity contribution in [2.75, 3.05) is 6.54 Å². The highest BCUT2D eigenvalue weighted by Crippen LogP contribution is 2.27. The number of carbonyl (C=O) groups is 2. The second kappa shape index (κ2) is 4.90. The average Bonchev–Trinajstić information content (AvgIpc) is 3.06. The molecule has 0 saturated heterocycles. The van der Waals surface area contributed by atoms with Gasteiger partial charge in [-0.3, -0.25) is 14.0 Å². The molecule has 7 heteroatoms. The molecule has 0 unspecified atom stereocenters. The molecule has 1 amide bonds. The number of hydrogen-bond acceptors (Lipinski definition) is 4. The van der Waals surface area contributed by atoms with Gasteiger partial charge in [0.15, 0.2) is 4.96 Å². The second-order valence-corrected chi connectivity index (χ2v) is 5.92. The van der Waals surface area contributed by atoms with Crippen molar-refractivity contribution >= 4 is 28.2 Å². The minimum absolute atomic E-state index is 0.109. The number of fused-ring (bicyclic) bond motifs is 1. The highest BCUT2D eigenvalue weighted by atomic mass is 32.1. The third-order valence-electron chi connectivity index (χ3n) is 3.35. The van der Waals surface area contributed by atoms with Gasteiger partial charge >= 0.3 is 5.97 Å².